The Hall–Kier alpha value is -1.22. The van der Waals surface area contributed by atoms with Gasteiger partial charge in [-0.3, -0.25) is 0 Å². The van der Waals surface area contributed by atoms with Gasteiger partial charge in [-0.1, -0.05) is 6.07 Å². The Labute approximate surface area is 96.8 Å². The van der Waals surface area contributed by atoms with Gasteiger partial charge in [-0.05, 0) is 31.0 Å². The Bertz CT molecular complexity index is 346. The minimum absolute atomic E-state index is 0.630. The zero-order valence-electron chi connectivity index (χ0n) is 9.95. The summed E-state index contributed by atoms with van der Waals surface area (Å²) < 4.78 is 10.7. The molecule has 2 rings (SSSR count). The van der Waals surface area contributed by atoms with E-state index in [0.29, 0.717) is 5.92 Å². The molecule has 1 aliphatic heterocycles. The van der Waals surface area contributed by atoms with Crippen molar-refractivity contribution < 1.29 is 9.47 Å². The van der Waals surface area contributed by atoms with Crippen molar-refractivity contribution in [3.8, 4) is 5.75 Å². The van der Waals surface area contributed by atoms with E-state index in [4.69, 9.17) is 9.47 Å². The summed E-state index contributed by atoms with van der Waals surface area (Å²) in [5.74, 6) is 1.54. The predicted octanol–water partition coefficient (Wildman–Crippen LogP) is 2.45. The summed E-state index contributed by atoms with van der Waals surface area (Å²) in [5.41, 5.74) is 2.32. The Morgan fingerprint density at radius 2 is 2.38 bits per heavy atom. The minimum Gasteiger partial charge on any atom is -0.495 e. The molecule has 1 aromatic carbocycles. The van der Waals surface area contributed by atoms with Crippen LogP contribution >= 0.6 is 0 Å². The SMILES string of the molecule is COc1ccc(C)cc1NCC1CCOC1. The largest absolute Gasteiger partial charge is 0.495 e. The molecule has 1 saturated heterocycles. The molecule has 0 radical (unpaired) electrons. The second-order valence-corrected chi connectivity index (χ2v) is 4.31. The molecule has 0 spiro atoms. The number of hydrogen-bond acceptors (Lipinski definition) is 3. The molecule has 1 aromatic rings. The zero-order valence-corrected chi connectivity index (χ0v) is 9.95. The molecule has 88 valence electrons. The molecule has 1 aliphatic rings. The summed E-state index contributed by atoms with van der Waals surface area (Å²) in [6, 6.07) is 6.18. The summed E-state index contributed by atoms with van der Waals surface area (Å²) in [7, 11) is 1.70. The van der Waals surface area contributed by atoms with Crippen molar-refractivity contribution in [1.82, 2.24) is 0 Å². The van der Waals surface area contributed by atoms with E-state index in [2.05, 4.69) is 24.4 Å². The highest BCUT2D eigenvalue weighted by molar-refractivity contribution is 5.57. The van der Waals surface area contributed by atoms with E-state index in [0.717, 1.165) is 37.6 Å². The number of anilines is 1. The molecule has 3 heteroatoms. The molecule has 16 heavy (non-hydrogen) atoms. The van der Waals surface area contributed by atoms with Gasteiger partial charge in [0.1, 0.15) is 5.75 Å². The summed E-state index contributed by atoms with van der Waals surface area (Å²) in [6.45, 7) is 4.82. The second kappa shape index (κ2) is 5.21. The Morgan fingerprint density at radius 3 is 3.06 bits per heavy atom. The van der Waals surface area contributed by atoms with Crippen LogP contribution in [0, 0.1) is 12.8 Å². The topological polar surface area (TPSA) is 30.5 Å². The van der Waals surface area contributed by atoms with Gasteiger partial charge in [-0.15, -0.1) is 0 Å². The minimum atomic E-state index is 0.630. The molecule has 0 amide bonds. The van der Waals surface area contributed by atoms with Crippen LogP contribution in [0.4, 0.5) is 5.69 Å². The monoisotopic (exact) mass is 221 g/mol. The van der Waals surface area contributed by atoms with Gasteiger partial charge in [0.05, 0.1) is 19.4 Å². The molecule has 0 bridgehead atoms. The van der Waals surface area contributed by atoms with Gasteiger partial charge in [-0.25, -0.2) is 0 Å². The predicted molar refractivity (Wildman–Crippen MR) is 65.1 cm³/mol. The van der Waals surface area contributed by atoms with E-state index in [9.17, 15) is 0 Å². The highest BCUT2D eigenvalue weighted by Crippen LogP contribution is 2.26. The number of rotatable bonds is 4. The van der Waals surface area contributed by atoms with E-state index >= 15 is 0 Å². The van der Waals surface area contributed by atoms with Crippen molar-refractivity contribution in [3.05, 3.63) is 23.8 Å². The van der Waals surface area contributed by atoms with Gasteiger partial charge >= 0.3 is 0 Å². The molecule has 1 N–H and O–H groups in total. The van der Waals surface area contributed by atoms with E-state index in [1.807, 2.05) is 6.07 Å². The summed E-state index contributed by atoms with van der Waals surface area (Å²) >= 11 is 0. The van der Waals surface area contributed by atoms with Crippen molar-refractivity contribution in [2.45, 2.75) is 13.3 Å². The molecule has 3 nitrogen and oxygen atoms in total. The third kappa shape index (κ3) is 2.67. The third-order valence-corrected chi connectivity index (χ3v) is 2.96. The first-order chi connectivity index (χ1) is 7.79. The van der Waals surface area contributed by atoms with Crippen LogP contribution in [-0.2, 0) is 4.74 Å². The van der Waals surface area contributed by atoms with Gasteiger partial charge in [0.25, 0.3) is 0 Å². The maximum atomic E-state index is 5.35. The first-order valence-corrected chi connectivity index (χ1v) is 5.76. The highest BCUT2D eigenvalue weighted by atomic mass is 16.5. The molecule has 1 heterocycles. The zero-order chi connectivity index (χ0) is 11.4. The molecule has 0 saturated carbocycles. The third-order valence-electron chi connectivity index (χ3n) is 2.96. The van der Waals surface area contributed by atoms with Gasteiger partial charge < -0.3 is 14.8 Å². The molecule has 0 aliphatic carbocycles. The van der Waals surface area contributed by atoms with Crippen molar-refractivity contribution >= 4 is 5.69 Å². The lowest BCUT2D eigenvalue weighted by atomic mass is 10.1. The highest BCUT2D eigenvalue weighted by Gasteiger charge is 2.15. The van der Waals surface area contributed by atoms with Gasteiger partial charge in [0, 0.05) is 19.1 Å². The standard InChI is InChI=1S/C13H19NO2/c1-10-3-4-13(15-2)12(7-10)14-8-11-5-6-16-9-11/h3-4,7,11,14H,5-6,8-9H2,1-2H3. The van der Waals surface area contributed by atoms with Crippen LogP contribution in [0.2, 0.25) is 0 Å². The number of methoxy groups -OCH3 is 1. The van der Waals surface area contributed by atoms with Crippen molar-refractivity contribution in [1.29, 1.82) is 0 Å². The van der Waals surface area contributed by atoms with E-state index in [1.54, 1.807) is 7.11 Å². The molecular formula is C13H19NO2. The van der Waals surface area contributed by atoms with Crippen LogP contribution in [-0.4, -0.2) is 26.9 Å². The molecule has 0 aromatic heterocycles. The number of hydrogen-bond donors (Lipinski definition) is 1. The van der Waals surface area contributed by atoms with Crippen LogP contribution in [0.5, 0.6) is 5.75 Å². The smallest absolute Gasteiger partial charge is 0.141 e. The van der Waals surface area contributed by atoms with Crippen molar-refractivity contribution in [2.24, 2.45) is 5.92 Å². The second-order valence-electron chi connectivity index (χ2n) is 4.31. The number of aryl methyl sites for hydroxylation is 1. The molecule has 1 unspecified atom stereocenters. The van der Waals surface area contributed by atoms with Crippen molar-refractivity contribution in [3.63, 3.8) is 0 Å². The van der Waals surface area contributed by atoms with Crippen molar-refractivity contribution in [2.75, 3.05) is 32.2 Å². The Kier molecular flexibility index (Phi) is 3.67. The average Bonchev–Trinajstić information content (AvgIpc) is 2.79. The van der Waals surface area contributed by atoms with E-state index in [-0.39, 0.29) is 0 Å². The van der Waals surface area contributed by atoms with E-state index < -0.39 is 0 Å². The van der Waals surface area contributed by atoms with Crippen LogP contribution in [0.15, 0.2) is 18.2 Å². The van der Waals surface area contributed by atoms with Crippen LogP contribution in [0.3, 0.4) is 0 Å². The number of ether oxygens (including phenoxy) is 2. The van der Waals surface area contributed by atoms with Crippen LogP contribution < -0.4 is 10.1 Å². The fourth-order valence-electron chi connectivity index (χ4n) is 1.96. The molecule has 1 atom stereocenters. The summed E-state index contributed by atoms with van der Waals surface area (Å²) in [6.07, 6.45) is 1.15. The average molecular weight is 221 g/mol. The molecule has 1 fully saturated rings. The van der Waals surface area contributed by atoms with Gasteiger partial charge in [-0.2, -0.15) is 0 Å². The van der Waals surface area contributed by atoms with Crippen LogP contribution in [0.25, 0.3) is 0 Å². The fourth-order valence-corrected chi connectivity index (χ4v) is 1.96. The van der Waals surface area contributed by atoms with E-state index in [1.165, 1.54) is 5.56 Å². The first-order valence-electron chi connectivity index (χ1n) is 5.76. The quantitative estimate of drug-likeness (QED) is 0.847. The van der Waals surface area contributed by atoms with Crippen LogP contribution in [0.1, 0.15) is 12.0 Å². The normalized spacial score (nSPS) is 19.8. The molecular weight excluding hydrogens is 202 g/mol. The number of nitrogens with one attached hydrogen (secondary N) is 1. The summed E-state index contributed by atoms with van der Waals surface area (Å²) in [4.78, 5) is 0. The maximum absolute atomic E-state index is 5.35. The lowest BCUT2D eigenvalue weighted by Gasteiger charge is -2.14. The van der Waals surface area contributed by atoms with Gasteiger partial charge in [0.2, 0.25) is 0 Å². The Morgan fingerprint density at radius 1 is 1.50 bits per heavy atom. The summed E-state index contributed by atoms with van der Waals surface area (Å²) in [5, 5.41) is 3.44. The number of benzene rings is 1. The first kappa shape index (κ1) is 11.3. The fraction of sp³-hybridized carbons (Fsp3) is 0.538. The Balaban J connectivity index is 1.98. The van der Waals surface area contributed by atoms with Gasteiger partial charge in [0.15, 0.2) is 0 Å². The lowest BCUT2D eigenvalue weighted by molar-refractivity contribution is 0.187. The maximum Gasteiger partial charge on any atom is 0.141 e. The lowest BCUT2D eigenvalue weighted by Crippen LogP contribution is -2.14.